The van der Waals surface area contributed by atoms with Crippen molar-refractivity contribution in [3.8, 4) is 5.75 Å². The summed E-state index contributed by atoms with van der Waals surface area (Å²) in [4.78, 5) is 5.14. The largest absolute Gasteiger partial charge is 0.467 e. The molecule has 194 valence electrons. The molecule has 0 radical (unpaired) electrons. The second-order valence-electron chi connectivity index (χ2n) is 8.83. The minimum absolute atomic E-state index is 0.111. The lowest BCUT2D eigenvalue weighted by Crippen LogP contribution is -2.30. The van der Waals surface area contributed by atoms with Crippen LogP contribution >= 0.6 is 23.4 Å². The summed E-state index contributed by atoms with van der Waals surface area (Å²) in [6.45, 7) is 6.64. The zero-order valence-electron chi connectivity index (χ0n) is 20.4. The van der Waals surface area contributed by atoms with Gasteiger partial charge in [-0.3, -0.25) is 0 Å². The van der Waals surface area contributed by atoms with E-state index in [4.69, 9.17) is 30.8 Å². The molecule has 36 heavy (non-hydrogen) atoms. The maximum absolute atomic E-state index is 13.1. The highest BCUT2D eigenvalue weighted by atomic mass is 35.5. The van der Waals surface area contributed by atoms with E-state index in [1.165, 1.54) is 4.31 Å². The molecule has 0 amide bonds. The second-order valence-corrected chi connectivity index (χ2v) is 12.1. The van der Waals surface area contributed by atoms with E-state index in [2.05, 4.69) is 4.57 Å². The van der Waals surface area contributed by atoms with Gasteiger partial charge < -0.3 is 18.8 Å². The first-order valence-electron chi connectivity index (χ1n) is 12.2. The molecule has 0 bridgehead atoms. The van der Waals surface area contributed by atoms with Crippen LogP contribution in [0.15, 0.2) is 40.4 Å². The molecule has 3 heterocycles. The van der Waals surface area contributed by atoms with Gasteiger partial charge >= 0.3 is 0 Å². The molecule has 0 N–H and O–H groups in total. The van der Waals surface area contributed by atoms with E-state index >= 15 is 0 Å². The Labute approximate surface area is 220 Å². The number of sulfonamides is 1. The lowest BCUT2D eigenvalue weighted by Gasteiger charge is -2.21. The zero-order chi connectivity index (χ0) is 25.3. The molecule has 0 saturated carbocycles. The molecular weight excluding hydrogens is 522 g/mol. The van der Waals surface area contributed by atoms with Crippen molar-refractivity contribution in [1.82, 2.24) is 13.9 Å². The summed E-state index contributed by atoms with van der Waals surface area (Å²) < 4.78 is 46.9. The number of thioether (sulfide) groups is 1. The number of hydrogen-bond donors (Lipinski definition) is 0. The molecule has 11 heteroatoms. The number of halogens is 1. The Balaban J connectivity index is 1.50. The van der Waals surface area contributed by atoms with Crippen LogP contribution in [0.3, 0.4) is 0 Å². The van der Waals surface area contributed by atoms with E-state index in [0.717, 1.165) is 47.0 Å². The van der Waals surface area contributed by atoms with E-state index in [9.17, 15) is 8.42 Å². The Morgan fingerprint density at radius 3 is 2.81 bits per heavy atom. The van der Waals surface area contributed by atoms with Gasteiger partial charge in [0.2, 0.25) is 10.0 Å². The minimum Gasteiger partial charge on any atom is -0.467 e. The molecule has 8 nitrogen and oxygen atoms in total. The van der Waals surface area contributed by atoms with Gasteiger partial charge in [-0.1, -0.05) is 37.2 Å². The fourth-order valence-corrected chi connectivity index (χ4v) is 7.48. The highest BCUT2D eigenvalue weighted by Crippen LogP contribution is 2.37. The standard InChI is InChI=1S/C25H30ClN3O5S2/c1-3-28(4-2)36(30,31)21-7-8-23-22(12-21)27-25(29(23)13-20-6-5-9-33-20)35-15-18-11-19(26)10-17-14-32-16-34-24(17)18/h7-8,10-12,20H,3-6,9,13-16H2,1-2H3. The van der Waals surface area contributed by atoms with Crippen LogP contribution in [-0.4, -0.2) is 54.9 Å². The van der Waals surface area contributed by atoms with Crippen molar-refractivity contribution in [2.45, 2.75) is 61.7 Å². The number of rotatable bonds is 9. The average molecular weight is 552 g/mol. The molecule has 2 aliphatic rings. The maximum Gasteiger partial charge on any atom is 0.243 e. The van der Waals surface area contributed by atoms with Crippen molar-refractivity contribution < 1.29 is 22.6 Å². The van der Waals surface area contributed by atoms with Crippen LogP contribution in [-0.2, 0) is 38.4 Å². The summed E-state index contributed by atoms with van der Waals surface area (Å²) in [7, 11) is -3.58. The number of fused-ring (bicyclic) bond motifs is 2. The maximum atomic E-state index is 13.1. The van der Waals surface area contributed by atoms with Crippen molar-refractivity contribution in [2.24, 2.45) is 0 Å². The number of imidazole rings is 1. The summed E-state index contributed by atoms with van der Waals surface area (Å²) in [5, 5.41) is 1.44. The van der Waals surface area contributed by atoms with Crippen molar-refractivity contribution in [2.75, 3.05) is 26.5 Å². The van der Waals surface area contributed by atoms with Crippen LogP contribution in [0, 0.1) is 0 Å². The number of ether oxygens (including phenoxy) is 3. The number of benzene rings is 2. The van der Waals surface area contributed by atoms with Gasteiger partial charge in [0.1, 0.15) is 5.75 Å². The number of aromatic nitrogens is 2. The minimum atomic E-state index is -3.58. The van der Waals surface area contributed by atoms with Gasteiger partial charge in [-0.15, -0.1) is 0 Å². The summed E-state index contributed by atoms with van der Waals surface area (Å²) in [6, 6.07) is 9.01. The topological polar surface area (TPSA) is 82.9 Å². The molecule has 1 atom stereocenters. The van der Waals surface area contributed by atoms with Crippen LogP contribution < -0.4 is 4.74 Å². The van der Waals surface area contributed by atoms with Gasteiger partial charge in [-0.25, -0.2) is 13.4 Å². The summed E-state index contributed by atoms with van der Waals surface area (Å²) in [5.74, 6) is 1.41. The van der Waals surface area contributed by atoms with Gasteiger partial charge in [0.05, 0.1) is 35.2 Å². The first kappa shape index (κ1) is 25.8. The highest BCUT2D eigenvalue weighted by Gasteiger charge is 2.25. The molecule has 0 spiro atoms. The van der Waals surface area contributed by atoms with Gasteiger partial charge in [0, 0.05) is 41.6 Å². The third-order valence-corrected chi connectivity index (χ3v) is 9.84. The van der Waals surface area contributed by atoms with Crippen molar-refractivity contribution >= 4 is 44.4 Å². The van der Waals surface area contributed by atoms with Crippen LogP contribution in [0.5, 0.6) is 5.75 Å². The molecule has 0 aliphatic carbocycles. The first-order chi connectivity index (χ1) is 17.4. The predicted molar refractivity (Wildman–Crippen MR) is 140 cm³/mol. The number of hydrogen-bond acceptors (Lipinski definition) is 7. The summed E-state index contributed by atoms with van der Waals surface area (Å²) in [5.41, 5.74) is 3.46. The quantitative estimate of drug-likeness (QED) is 0.344. The zero-order valence-corrected chi connectivity index (χ0v) is 22.8. The Morgan fingerprint density at radius 1 is 1.22 bits per heavy atom. The fraction of sp³-hybridized carbons (Fsp3) is 0.480. The van der Waals surface area contributed by atoms with E-state index in [1.807, 2.05) is 32.0 Å². The molecule has 2 aliphatic heterocycles. The molecular formula is C25H30ClN3O5S2. The Bertz CT molecular complexity index is 1350. The molecule has 2 aromatic carbocycles. The molecule has 1 fully saturated rings. The van der Waals surface area contributed by atoms with E-state index < -0.39 is 10.0 Å². The Hall–Kier alpha value is -1.82. The van der Waals surface area contributed by atoms with Gasteiger partial charge in [-0.2, -0.15) is 4.31 Å². The molecule has 1 saturated heterocycles. The van der Waals surface area contributed by atoms with Gasteiger partial charge in [0.25, 0.3) is 0 Å². The van der Waals surface area contributed by atoms with Gasteiger partial charge in [-0.05, 0) is 43.2 Å². The smallest absolute Gasteiger partial charge is 0.243 e. The summed E-state index contributed by atoms with van der Waals surface area (Å²) in [6.07, 6.45) is 2.15. The lowest BCUT2D eigenvalue weighted by molar-refractivity contribution is -0.0168. The monoisotopic (exact) mass is 551 g/mol. The predicted octanol–water partition coefficient (Wildman–Crippen LogP) is 5.06. The third kappa shape index (κ3) is 5.12. The first-order valence-corrected chi connectivity index (χ1v) is 15.0. The van der Waals surface area contributed by atoms with Crippen molar-refractivity contribution in [1.29, 1.82) is 0 Å². The van der Waals surface area contributed by atoms with Crippen LogP contribution in [0.1, 0.15) is 37.8 Å². The highest BCUT2D eigenvalue weighted by molar-refractivity contribution is 7.98. The lowest BCUT2D eigenvalue weighted by atomic mass is 10.1. The van der Waals surface area contributed by atoms with Crippen LogP contribution in [0.2, 0.25) is 5.02 Å². The molecule has 3 aromatic rings. The Kier molecular flexibility index (Phi) is 7.81. The van der Waals surface area contributed by atoms with E-state index in [1.54, 1.807) is 23.9 Å². The number of nitrogens with zero attached hydrogens (tertiary/aromatic N) is 3. The van der Waals surface area contributed by atoms with Gasteiger partial charge in [0.15, 0.2) is 11.9 Å². The van der Waals surface area contributed by atoms with Crippen LogP contribution in [0.4, 0.5) is 0 Å². The van der Waals surface area contributed by atoms with E-state index in [0.29, 0.717) is 42.5 Å². The molecule has 1 unspecified atom stereocenters. The fourth-order valence-electron chi connectivity index (χ4n) is 4.75. The van der Waals surface area contributed by atoms with Crippen molar-refractivity contribution in [3.63, 3.8) is 0 Å². The SMILES string of the molecule is CCN(CC)S(=O)(=O)c1ccc2c(c1)nc(SCc1cc(Cl)cc3c1OCOC3)n2CC1CCCO1. The van der Waals surface area contributed by atoms with E-state index in [-0.39, 0.29) is 17.8 Å². The normalized spacial score (nSPS) is 18.1. The summed E-state index contributed by atoms with van der Waals surface area (Å²) >= 11 is 7.94. The van der Waals surface area contributed by atoms with Crippen molar-refractivity contribution in [3.05, 3.63) is 46.5 Å². The van der Waals surface area contributed by atoms with Crippen LogP contribution in [0.25, 0.3) is 11.0 Å². The molecule has 1 aromatic heterocycles. The molecule has 5 rings (SSSR count). The third-order valence-electron chi connectivity index (χ3n) is 6.55. The average Bonchev–Trinajstić information content (AvgIpc) is 3.51. The Morgan fingerprint density at radius 2 is 2.06 bits per heavy atom. The second kappa shape index (κ2) is 10.9.